The van der Waals surface area contributed by atoms with Gasteiger partial charge in [0.1, 0.15) is 71.9 Å². The van der Waals surface area contributed by atoms with Gasteiger partial charge in [-0.2, -0.15) is 0 Å². The summed E-state index contributed by atoms with van der Waals surface area (Å²) in [5, 5.41) is 66.2. The van der Waals surface area contributed by atoms with E-state index in [0.29, 0.717) is 17.5 Å². The van der Waals surface area contributed by atoms with Gasteiger partial charge in [0.05, 0.1) is 19.2 Å². The van der Waals surface area contributed by atoms with Crippen molar-refractivity contribution in [2.75, 3.05) is 26.2 Å². The number of phenols is 2. The number of carboxylic acid groups (broad SMARTS) is 1. The Morgan fingerprint density at radius 2 is 1.11 bits per heavy atom. The summed E-state index contributed by atoms with van der Waals surface area (Å²) in [7, 11) is 0. The largest absolute Gasteiger partial charge is 0.508 e. The van der Waals surface area contributed by atoms with E-state index < -0.39 is 156 Å². The van der Waals surface area contributed by atoms with Crippen molar-refractivity contribution in [3.63, 3.8) is 0 Å². The van der Waals surface area contributed by atoms with E-state index in [-0.39, 0.29) is 81.4 Å². The number of carboxylic acids is 1. The van der Waals surface area contributed by atoms with Crippen LogP contribution in [0.15, 0.2) is 84.0 Å². The van der Waals surface area contributed by atoms with E-state index in [2.05, 4.69) is 63.1 Å². The van der Waals surface area contributed by atoms with Crippen LogP contribution in [0, 0.1) is 11.8 Å². The molecule has 97 heavy (non-hydrogen) atoms. The Balaban J connectivity index is 1.19. The Hall–Kier alpha value is -10.4. The Bertz CT molecular complexity index is 3450. The van der Waals surface area contributed by atoms with Gasteiger partial charge in [-0.25, -0.2) is 4.79 Å². The Kier molecular flexibility index (Phi) is 29.6. The molecule has 0 unspecified atom stereocenters. The van der Waals surface area contributed by atoms with Gasteiger partial charge in [-0.05, 0) is 112 Å². The number of amides is 11. The first kappa shape index (κ1) is 77.3. The quantitative estimate of drug-likeness (QED) is 0.0125. The number of guanidine groups is 1. The van der Waals surface area contributed by atoms with Crippen LogP contribution < -0.4 is 70.4 Å². The van der Waals surface area contributed by atoms with E-state index in [9.17, 15) is 78.0 Å². The number of aromatic nitrogens is 1. The molecule has 4 aromatic rings. The number of nitrogens with two attached hydrogens (primary N) is 3. The number of aliphatic imine (C=N–C) groups is 1. The first-order valence-electron chi connectivity index (χ1n) is 31.9. The maximum Gasteiger partial charge on any atom is 0.326 e. The first-order valence-corrected chi connectivity index (χ1v) is 31.9. The van der Waals surface area contributed by atoms with Crippen LogP contribution in [0.2, 0.25) is 0 Å². The number of nitrogens with zero attached hydrogens (tertiary/aromatic N) is 2. The minimum Gasteiger partial charge on any atom is -0.508 e. The third kappa shape index (κ3) is 24.1. The number of aliphatic carboxylic acids is 1. The Morgan fingerprint density at radius 3 is 1.69 bits per heavy atom. The van der Waals surface area contributed by atoms with Crippen LogP contribution in [0.4, 0.5) is 0 Å². The zero-order chi connectivity index (χ0) is 71.8. The van der Waals surface area contributed by atoms with Gasteiger partial charge in [-0.3, -0.25) is 57.7 Å². The number of hydrogen-bond acceptors (Lipinski definition) is 17. The van der Waals surface area contributed by atoms with Crippen molar-refractivity contribution < 1.29 is 78.0 Å². The molecule has 21 N–H and O–H groups in total. The molecule has 0 radical (unpaired) electrons. The number of aliphatic hydroxyl groups excluding tert-OH is 1. The number of fused-ring (bicyclic) bond motifs is 1. The van der Waals surface area contributed by atoms with Crippen LogP contribution in [-0.2, 0) is 76.8 Å². The molecule has 0 spiro atoms. The fraction of sp³-hybridized carbons (Fsp3) is 0.492. The molecule has 0 bridgehead atoms. The van der Waals surface area contributed by atoms with Crippen LogP contribution in [-0.4, -0.2) is 200 Å². The fourth-order valence-corrected chi connectivity index (χ4v) is 10.6. The number of phenolic OH excluding ortho intramolecular Hbond substituents is 2. The third-order valence-electron chi connectivity index (χ3n) is 15.9. The molecule has 1 aliphatic heterocycles. The van der Waals surface area contributed by atoms with Gasteiger partial charge in [0.2, 0.25) is 65.0 Å². The summed E-state index contributed by atoms with van der Waals surface area (Å²) in [5.41, 5.74) is 19.0. The normalized spacial score (nSPS) is 15.9. The van der Waals surface area contributed by atoms with Crippen molar-refractivity contribution >= 4 is 87.8 Å². The number of carbonyl (C=O) groups is 12. The molecule has 1 aromatic heterocycles. The highest BCUT2D eigenvalue weighted by Crippen LogP contribution is 2.23. The SMILES string of the molecule is CC(C)C[C@H](NC(=O)[C@H](Cc1c[nH]c2ccccc12)NC(=O)[C@H](C)N)C(=O)N[C@@H](C)C(=O)N[C@@H](Cc1ccc(O)cc1)C(=O)N1CCC[C@H]1C(=O)NCC(=O)N[C@@H](C)C(=O)N[C@H](C(=O)N[C@@H](CO)C(=O)N[C@@H](Cc1ccc(O)cc1)C(=O)N[C@@H](CCCN=C(N)N)C(=O)O)C(C)C. The number of nitrogens with one attached hydrogen (secondary N) is 11. The van der Waals surface area contributed by atoms with E-state index in [1.165, 1.54) is 74.2 Å². The summed E-state index contributed by atoms with van der Waals surface area (Å²) >= 11 is 0. The highest BCUT2D eigenvalue weighted by molar-refractivity contribution is 5.99. The van der Waals surface area contributed by atoms with Crippen LogP contribution in [0.25, 0.3) is 10.9 Å². The van der Waals surface area contributed by atoms with Gasteiger partial charge >= 0.3 is 5.97 Å². The molecule has 1 aliphatic rings. The molecule has 11 atom stereocenters. The lowest BCUT2D eigenvalue weighted by Crippen LogP contribution is -2.60. The second-order valence-electron chi connectivity index (χ2n) is 24.7. The molecule has 32 nitrogen and oxygen atoms in total. The zero-order valence-electron chi connectivity index (χ0n) is 55.3. The van der Waals surface area contributed by atoms with Gasteiger partial charge < -0.3 is 101 Å². The average Bonchev–Trinajstić information content (AvgIpc) is 1.75. The lowest BCUT2D eigenvalue weighted by molar-refractivity contribution is -0.142. The molecule has 1 fully saturated rings. The van der Waals surface area contributed by atoms with E-state index in [4.69, 9.17) is 17.2 Å². The highest BCUT2D eigenvalue weighted by atomic mass is 16.4. The Labute approximate surface area is 560 Å². The number of hydrogen-bond donors (Lipinski definition) is 18. The molecule has 1 saturated heterocycles. The number of carbonyl (C=O) groups excluding carboxylic acids is 11. The van der Waals surface area contributed by atoms with Gasteiger partial charge in [-0.1, -0.05) is 70.2 Å². The minimum absolute atomic E-state index is 0.0394. The van der Waals surface area contributed by atoms with Gasteiger partial charge in [0, 0.05) is 49.5 Å². The topological polar surface area (TPSA) is 516 Å². The van der Waals surface area contributed by atoms with Crippen LogP contribution >= 0.6 is 0 Å². The molecule has 528 valence electrons. The summed E-state index contributed by atoms with van der Waals surface area (Å²) in [6, 6.07) is 4.27. The molecule has 32 heteroatoms. The number of likely N-dealkylation sites (tertiary alicyclic amines) is 1. The predicted molar refractivity (Wildman–Crippen MR) is 355 cm³/mol. The second kappa shape index (κ2) is 37.1. The van der Waals surface area contributed by atoms with Gasteiger partial charge in [-0.15, -0.1) is 0 Å². The summed E-state index contributed by atoms with van der Waals surface area (Å²) in [5.74, 6) is -11.6. The molecule has 3 aromatic carbocycles. The summed E-state index contributed by atoms with van der Waals surface area (Å²) in [6.45, 7) is 9.32. The Morgan fingerprint density at radius 1 is 0.598 bits per heavy atom. The minimum atomic E-state index is -1.72. The second-order valence-corrected chi connectivity index (χ2v) is 24.7. The standard InChI is InChI=1S/C65H92N16O16/c1-33(2)26-46(76-59(91)48(75-54(86)35(5)66)29-40-30-70-44-13-9-8-12-43(40)44)57(89)73-37(7)55(87)78-49(28-39-18-22-42(84)23-19-39)63(95)81-25-11-15-51(81)61(93)71-31-52(85)72-36(6)56(88)80-53(34(3)4)62(94)79-50(32-82)60(92)77-47(27-38-16-20-41(83)21-17-38)58(90)74-45(64(96)97)14-10-24-69-65(67)68/h8-9,12-13,16-23,30,33-37,45-51,53,70,82-84H,10-11,14-15,24-29,31-32,66H2,1-7H3,(H,71,93)(H,72,85)(H,73,89)(H,74,90)(H,75,86)(H,76,91)(H,77,92)(H,78,87)(H,79,94)(H,80,88)(H,96,97)(H4,67,68,69)/t35-,36-,37-,45-,46-,47-,48-,49-,50-,51-,53-/m0/s1. The van der Waals surface area contributed by atoms with Crippen molar-refractivity contribution in [1.29, 1.82) is 0 Å². The smallest absolute Gasteiger partial charge is 0.326 e. The maximum absolute atomic E-state index is 14.6. The van der Waals surface area contributed by atoms with E-state index in [1.807, 2.05) is 38.1 Å². The molecule has 11 amide bonds. The molecule has 5 rings (SSSR count). The van der Waals surface area contributed by atoms with Crippen molar-refractivity contribution in [3.05, 3.63) is 95.7 Å². The lowest BCUT2D eigenvalue weighted by atomic mass is 10.00. The molecule has 2 heterocycles. The van der Waals surface area contributed by atoms with Crippen LogP contribution in [0.3, 0.4) is 0 Å². The summed E-state index contributed by atoms with van der Waals surface area (Å²) in [6.07, 6.45) is 2.05. The van der Waals surface area contributed by atoms with Crippen molar-refractivity contribution in [1.82, 2.24) is 63.1 Å². The fourth-order valence-electron chi connectivity index (χ4n) is 10.6. The van der Waals surface area contributed by atoms with Gasteiger partial charge in [0.15, 0.2) is 5.96 Å². The van der Waals surface area contributed by atoms with Crippen molar-refractivity contribution in [2.45, 2.75) is 166 Å². The molecule has 0 saturated carbocycles. The molecule has 0 aliphatic carbocycles. The van der Waals surface area contributed by atoms with Crippen LogP contribution in [0.1, 0.15) is 97.3 Å². The molecular formula is C65H92N16O16. The third-order valence-corrected chi connectivity index (χ3v) is 15.9. The number of aliphatic hydroxyl groups is 1. The zero-order valence-corrected chi connectivity index (χ0v) is 55.3. The number of H-pyrrole nitrogens is 1. The van der Waals surface area contributed by atoms with E-state index in [1.54, 1.807) is 20.0 Å². The monoisotopic (exact) mass is 1350 g/mol. The molecular weight excluding hydrogens is 1260 g/mol. The first-order chi connectivity index (χ1) is 45.8. The lowest BCUT2D eigenvalue weighted by Gasteiger charge is -2.30. The maximum atomic E-state index is 14.6. The number of benzene rings is 3. The van der Waals surface area contributed by atoms with Crippen molar-refractivity contribution in [3.8, 4) is 11.5 Å². The van der Waals surface area contributed by atoms with Crippen LogP contribution in [0.5, 0.6) is 11.5 Å². The highest BCUT2D eigenvalue weighted by Gasteiger charge is 2.40. The van der Waals surface area contributed by atoms with Crippen molar-refractivity contribution in [2.24, 2.45) is 34.0 Å². The number of aromatic hydroxyl groups is 2. The van der Waals surface area contributed by atoms with Gasteiger partial charge in [0.25, 0.3) is 0 Å². The average molecular weight is 1350 g/mol. The van der Waals surface area contributed by atoms with E-state index in [0.717, 1.165) is 16.5 Å². The summed E-state index contributed by atoms with van der Waals surface area (Å²) in [4.78, 5) is 172. The number of aromatic amines is 1. The van der Waals surface area contributed by atoms with E-state index >= 15 is 0 Å². The summed E-state index contributed by atoms with van der Waals surface area (Å²) < 4.78 is 0. The number of rotatable bonds is 36. The number of para-hydroxylation sites is 1. The predicted octanol–water partition coefficient (Wildman–Crippen LogP) is -2.70.